The fraction of sp³-hybridized carbons (Fsp3) is 0.780. The van der Waals surface area contributed by atoms with Crippen molar-refractivity contribution in [2.75, 3.05) is 51.8 Å². The molecule has 0 unspecified atom stereocenters. The van der Waals surface area contributed by atoms with E-state index in [2.05, 4.69) is 75.4 Å². The molecule has 1 saturated heterocycles. The van der Waals surface area contributed by atoms with Gasteiger partial charge in [0.25, 0.3) is 0 Å². The van der Waals surface area contributed by atoms with E-state index in [1.165, 1.54) is 69.6 Å². The number of hydrogen-bond donors (Lipinski definition) is 2. The minimum absolute atomic E-state index is 0.0473. The molecule has 1 aromatic rings. The van der Waals surface area contributed by atoms with Crippen LogP contribution in [0.1, 0.15) is 108 Å². The molecule has 49 heavy (non-hydrogen) atoms. The maximum absolute atomic E-state index is 12.1. The monoisotopic (exact) mass is 693 g/mol. The molecule has 6 aliphatic rings. The molecular weight excluding hydrogens is 631 g/mol. The topological polar surface area (TPSA) is 87.7 Å². The summed E-state index contributed by atoms with van der Waals surface area (Å²) in [5.74, 6) is 2.98. The molecule has 2 N–H and O–H groups in total. The zero-order valence-electron chi connectivity index (χ0n) is 31.4. The van der Waals surface area contributed by atoms with Gasteiger partial charge in [0.15, 0.2) is 9.84 Å². The molecule has 5 fully saturated rings. The van der Waals surface area contributed by atoms with Gasteiger partial charge in [-0.2, -0.15) is 0 Å². The molecule has 0 spiro atoms. The van der Waals surface area contributed by atoms with E-state index in [0.29, 0.717) is 70.7 Å². The highest BCUT2D eigenvalue weighted by atomic mass is 32.2. The number of nitrogens with zero attached hydrogens (tertiary/aromatic N) is 1. The van der Waals surface area contributed by atoms with Crippen LogP contribution in [0.15, 0.2) is 30.3 Å². The summed E-state index contributed by atoms with van der Waals surface area (Å²) in [7, 11) is 0.785. The summed E-state index contributed by atoms with van der Waals surface area (Å²) in [5.41, 5.74) is 4.38. The minimum Gasteiger partial charge on any atom is -0.465 e. The molecule has 5 aliphatic carbocycles. The maximum atomic E-state index is 12.1. The van der Waals surface area contributed by atoms with Crippen molar-refractivity contribution in [3.05, 3.63) is 41.5 Å². The third kappa shape index (κ3) is 5.51. The van der Waals surface area contributed by atoms with Crippen molar-refractivity contribution < 1.29 is 17.9 Å². The van der Waals surface area contributed by atoms with Gasteiger partial charge in [0.1, 0.15) is 0 Å². The molecule has 1 aromatic carbocycles. The Bertz CT molecular complexity index is 1560. The Balaban J connectivity index is 1.13. The number of ether oxygens (including phenoxy) is 1. The highest BCUT2D eigenvalue weighted by molar-refractivity contribution is 7.91. The van der Waals surface area contributed by atoms with Gasteiger partial charge in [-0.05, 0) is 133 Å². The lowest BCUT2D eigenvalue weighted by Crippen LogP contribution is -2.69. The van der Waals surface area contributed by atoms with Gasteiger partial charge < -0.3 is 20.3 Å². The van der Waals surface area contributed by atoms with E-state index in [1.807, 2.05) is 12.1 Å². The smallest absolute Gasteiger partial charge is 0.337 e. The molecule has 7 nitrogen and oxygen atoms in total. The zero-order chi connectivity index (χ0) is 35.0. The largest absolute Gasteiger partial charge is 0.465 e. The number of carbonyl (C=O) groups excluding carboxylic acids is 1. The third-order valence-electron chi connectivity index (χ3n) is 16.3. The number of nitrogens with one attached hydrogen (secondary N) is 2. The van der Waals surface area contributed by atoms with Crippen LogP contribution in [0.3, 0.4) is 0 Å². The summed E-state index contributed by atoms with van der Waals surface area (Å²) in [5, 5.41) is 8.01. The van der Waals surface area contributed by atoms with Crippen LogP contribution in [0.5, 0.6) is 0 Å². The number of fused-ring (bicyclic) bond motifs is 7. The molecule has 0 bridgehead atoms. The Labute approximate surface area is 296 Å². The predicted molar refractivity (Wildman–Crippen MR) is 198 cm³/mol. The van der Waals surface area contributed by atoms with Crippen LogP contribution in [0, 0.1) is 45.3 Å². The molecule has 9 atom stereocenters. The molecule has 0 amide bonds. The van der Waals surface area contributed by atoms with Crippen molar-refractivity contribution in [1.29, 1.82) is 0 Å². The summed E-state index contributed by atoms with van der Waals surface area (Å²) >= 11 is 0. The average molecular weight is 694 g/mol. The Morgan fingerprint density at radius 1 is 0.898 bits per heavy atom. The van der Waals surface area contributed by atoms with E-state index in [4.69, 9.17) is 4.74 Å². The quantitative estimate of drug-likeness (QED) is 0.312. The van der Waals surface area contributed by atoms with Crippen LogP contribution in [0.25, 0.3) is 5.57 Å². The molecular formula is C41H63N3O4S. The molecule has 0 radical (unpaired) electrons. The summed E-state index contributed by atoms with van der Waals surface area (Å²) in [6.45, 7) is 16.3. The van der Waals surface area contributed by atoms with E-state index in [0.717, 1.165) is 19.5 Å². The number of allylic oxidation sites excluding steroid dienone is 2. The Morgan fingerprint density at radius 2 is 1.61 bits per heavy atom. The van der Waals surface area contributed by atoms with E-state index in [-0.39, 0.29) is 22.3 Å². The van der Waals surface area contributed by atoms with Crippen LogP contribution in [-0.4, -0.2) is 82.7 Å². The van der Waals surface area contributed by atoms with Crippen molar-refractivity contribution in [2.24, 2.45) is 45.3 Å². The molecule has 8 heteroatoms. The normalized spacial score (nSPS) is 42.6. The van der Waals surface area contributed by atoms with Crippen LogP contribution < -0.4 is 10.6 Å². The molecule has 4 saturated carbocycles. The maximum Gasteiger partial charge on any atom is 0.337 e. The van der Waals surface area contributed by atoms with Gasteiger partial charge in [-0.15, -0.1) is 0 Å². The summed E-state index contributed by atoms with van der Waals surface area (Å²) in [6, 6.07) is 8.65. The van der Waals surface area contributed by atoms with Gasteiger partial charge in [0, 0.05) is 37.8 Å². The summed E-state index contributed by atoms with van der Waals surface area (Å²) < 4.78 is 29.0. The average Bonchev–Trinajstić information content (AvgIpc) is 3.44. The predicted octanol–water partition coefficient (Wildman–Crippen LogP) is 6.59. The Hall–Kier alpha value is -1.74. The second-order valence-electron chi connectivity index (χ2n) is 18.3. The van der Waals surface area contributed by atoms with Gasteiger partial charge in [-0.25, -0.2) is 13.2 Å². The highest BCUT2D eigenvalue weighted by Crippen LogP contribution is 2.76. The van der Waals surface area contributed by atoms with Crippen LogP contribution in [0.2, 0.25) is 0 Å². The van der Waals surface area contributed by atoms with Crippen molar-refractivity contribution in [3.8, 4) is 0 Å². The van der Waals surface area contributed by atoms with Gasteiger partial charge in [0.2, 0.25) is 0 Å². The third-order valence-corrected chi connectivity index (χ3v) is 18.0. The fourth-order valence-electron chi connectivity index (χ4n) is 13.7. The summed E-state index contributed by atoms with van der Waals surface area (Å²) in [4.78, 5) is 14.5. The Morgan fingerprint density at radius 3 is 2.29 bits per heavy atom. The lowest BCUT2D eigenvalue weighted by atomic mass is 9.33. The number of benzene rings is 1. The molecule has 7 rings (SSSR count). The minimum atomic E-state index is -2.85. The fourth-order valence-corrected chi connectivity index (χ4v) is 14.9. The molecule has 1 aliphatic heterocycles. The van der Waals surface area contributed by atoms with E-state index < -0.39 is 9.84 Å². The van der Waals surface area contributed by atoms with Crippen molar-refractivity contribution >= 4 is 21.4 Å². The van der Waals surface area contributed by atoms with Gasteiger partial charge in [0.05, 0.1) is 24.2 Å². The van der Waals surface area contributed by atoms with Crippen LogP contribution in [-0.2, 0) is 14.6 Å². The molecule has 1 heterocycles. The first-order chi connectivity index (χ1) is 23.1. The molecule has 0 aromatic heterocycles. The van der Waals surface area contributed by atoms with Gasteiger partial charge >= 0.3 is 5.97 Å². The first-order valence-corrected chi connectivity index (χ1v) is 21.2. The SMILES string of the molecule is CN[C@@H]1CC[C@]2(NCCN3CCS(=O)(=O)CC3)CC[C@]3(C)[C@H](CC[C@@H]4[C@@]5(C)CC=C(c6ccc(C(=O)OC)cc6)C(C)(C)[C@@H]5CC[C@]43C)[C@@H]12. The van der Waals surface area contributed by atoms with Crippen molar-refractivity contribution in [2.45, 2.75) is 104 Å². The van der Waals surface area contributed by atoms with Gasteiger partial charge in [-0.1, -0.05) is 52.8 Å². The summed E-state index contributed by atoms with van der Waals surface area (Å²) in [6.07, 6.45) is 13.9. The standard InChI is InChI=1S/C41H63N3O4S/c1-37(2)30(28-8-10-29(11-9-28)36(45)48-7)14-17-38(3)33(37)16-18-40(5)34(38)13-12-31-35-32(42-6)15-19-41(35,21-20-39(31,40)4)43-22-23-44-24-26-49(46,47)27-25-44/h8-11,14,31-35,42-43H,12-13,15-27H2,1-7H3/t31-,32-,33+,34-,35+,38+,39-,40-,41+/m1/s1. The number of rotatable bonds is 7. The van der Waals surface area contributed by atoms with Gasteiger partial charge in [-0.3, -0.25) is 0 Å². The van der Waals surface area contributed by atoms with Crippen molar-refractivity contribution in [1.82, 2.24) is 15.5 Å². The lowest BCUT2D eigenvalue weighted by Gasteiger charge is -2.72. The van der Waals surface area contributed by atoms with Crippen molar-refractivity contribution in [3.63, 3.8) is 0 Å². The number of sulfone groups is 1. The number of hydrogen-bond acceptors (Lipinski definition) is 7. The van der Waals surface area contributed by atoms with Crippen LogP contribution in [0.4, 0.5) is 0 Å². The number of carbonyl (C=O) groups is 1. The Kier molecular flexibility index (Phi) is 9.06. The zero-order valence-corrected chi connectivity index (χ0v) is 32.2. The second kappa shape index (κ2) is 12.4. The highest BCUT2D eigenvalue weighted by Gasteiger charge is 2.70. The lowest BCUT2D eigenvalue weighted by molar-refractivity contribution is -0.218. The van der Waals surface area contributed by atoms with Crippen LogP contribution >= 0.6 is 0 Å². The number of methoxy groups -OCH3 is 1. The second-order valence-corrected chi connectivity index (χ2v) is 20.6. The first-order valence-electron chi connectivity index (χ1n) is 19.4. The van der Waals surface area contributed by atoms with E-state index >= 15 is 0 Å². The van der Waals surface area contributed by atoms with E-state index in [9.17, 15) is 13.2 Å². The first kappa shape index (κ1) is 35.7. The van der Waals surface area contributed by atoms with E-state index in [1.54, 1.807) is 0 Å². The number of esters is 1. The molecule has 272 valence electrons.